The van der Waals surface area contributed by atoms with E-state index in [0.717, 1.165) is 28.1 Å². The Morgan fingerprint density at radius 2 is 1.47 bits per heavy atom. The summed E-state index contributed by atoms with van der Waals surface area (Å²) in [5, 5.41) is 0. The average Bonchev–Trinajstić information content (AvgIpc) is 2.49. The molecule has 0 aliphatic carbocycles. The summed E-state index contributed by atoms with van der Waals surface area (Å²) in [4.78, 5) is 13.0. The van der Waals surface area contributed by atoms with Crippen molar-refractivity contribution < 1.29 is 0 Å². The number of aromatic nitrogens is 3. The van der Waals surface area contributed by atoms with Crippen LogP contribution in [0, 0.1) is 6.92 Å². The zero-order chi connectivity index (χ0) is 13.1. The van der Waals surface area contributed by atoms with Crippen LogP contribution in [0.5, 0.6) is 0 Å². The highest BCUT2D eigenvalue weighted by atomic mass is 14.7. The maximum absolute atomic E-state index is 4.65. The van der Waals surface area contributed by atoms with Gasteiger partial charge in [0, 0.05) is 47.2 Å². The first-order chi connectivity index (χ1) is 9.34. The molecule has 0 aliphatic rings. The maximum atomic E-state index is 4.65. The van der Waals surface area contributed by atoms with Gasteiger partial charge in [0.25, 0.3) is 0 Å². The van der Waals surface area contributed by atoms with E-state index in [1.54, 1.807) is 12.4 Å². The molecule has 3 aromatic heterocycles. The van der Waals surface area contributed by atoms with Gasteiger partial charge in [-0.1, -0.05) is 12.1 Å². The summed E-state index contributed by atoms with van der Waals surface area (Å²) in [5.41, 5.74) is 5.10. The van der Waals surface area contributed by atoms with Gasteiger partial charge in [-0.15, -0.1) is 0 Å². The van der Waals surface area contributed by atoms with Gasteiger partial charge >= 0.3 is 0 Å². The lowest BCUT2D eigenvalue weighted by Crippen LogP contribution is -1.92. The summed E-state index contributed by atoms with van der Waals surface area (Å²) >= 11 is 0. The minimum atomic E-state index is 0.945. The van der Waals surface area contributed by atoms with Crippen molar-refractivity contribution in [1.82, 2.24) is 15.0 Å². The molecule has 92 valence electrons. The Morgan fingerprint density at radius 3 is 2.11 bits per heavy atom. The zero-order valence-electron chi connectivity index (χ0n) is 10.6. The second kappa shape index (κ2) is 4.98. The van der Waals surface area contributed by atoms with E-state index in [4.69, 9.17) is 0 Å². The van der Waals surface area contributed by atoms with Crippen molar-refractivity contribution in [2.45, 2.75) is 6.92 Å². The van der Waals surface area contributed by atoms with Gasteiger partial charge < -0.3 is 0 Å². The summed E-state index contributed by atoms with van der Waals surface area (Å²) < 4.78 is 0. The topological polar surface area (TPSA) is 38.7 Å². The average molecular weight is 247 g/mol. The molecule has 0 aromatic carbocycles. The molecule has 0 unspecified atom stereocenters. The van der Waals surface area contributed by atoms with Crippen LogP contribution in [0.4, 0.5) is 0 Å². The summed E-state index contributed by atoms with van der Waals surface area (Å²) in [6, 6.07) is 12.0. The van der Waals surface area contributed by atoms with E-state index in [1.165, 1.54) is 0 Å². The molecule has 0 amide bonds. The normalized spacial score (nSPS) is 10.4. The fraction of sp³-hybridized carbons (Fsp3) is 0.0625. The number of hydrogen-bond acceptors (Lipinski definition) is 3. The molecule has 3 heterocycles. The van der Waals surface area contributed by atoms with E-state index in [-0.39, 0.29) is 0 Å². The molecule has 0 aliphatic heterocycles. The third kappa shape index (κ3) is 2.36. The van der Waals surface area contributed by atoms with Gasteiger partial charge in [-0.05, 0) is 31.2 Å². The first-order valence-electron chi connectivity index (χ1n) is 6.13. The van der Waals surface area contributed by atoms with Gasteiger partial charge in [0.2, 0.25) is 0 Å². The summed E-state index contributed by atoms with van der Waals surface area (Å²) in [7, 11) is 0. The van der Waals surface area contributed by atoms with Gasteiger partial charge in [0.1, 0.15) is 0 Å². The van der Waals surface area contributed by atoms with Crippen molar-refractivity contribution in [3.63, 3.8) is 0 Å². The number of nitrogens with zero attached hydrogens (tertiary/aromatic N) is 3. The summed E-state index contributed by atoms with van der Waals surface area (Å²) in [6.07, 6.45) is 7.23. The van der Waals surface area contributed by atoms with Crippen LogP contribution in [0.25, 0.3) is 22.4 Å². The van der Waals surface area contributed by atoms with Crippen LogP contribution in [0.2, 0.25) is 0 Å². The van der Waals surface area contributed by atoms with Crippen LogP contribution in [-0.4, -0.2) is 15.0 Å². The number of pyridine rings is 3. The monoisotopic (exact) mass is 247 g/mol. The molecule has 0 spiro atoms. The summed E-state index contributed by atoms with van der Waals surface area (Å²) in [6.45, 7) is 1.99. The highest BCUT2D eigenvalue weighted by molar-refractivity contribution is 5.80. The largest absolute Gasteiger partial charge is 0.264 e. The Labute approximate surface area is 112 Å². The van der Waals surface area contributed by atoms with Gasteiger partial charge in [-0.2, -0.15) is 0 Å². The standard InChI is InChI=1S/C16H13N3/c1-12-6-7-15(13-4-2-8-17-10-13)16(19-12)14-5-3-9-18-11-14/h2-11H,1H3. The molecule has 0 radical (unpaired) electrons. The third-order valence-electron chi connectivity index (χ3n) is 2.94. The van der Waals surface area contributed by atoms with Crippen molar-refractivity contribution in [1.29, 1.82) is 0 Å². The van der Waals surface area contributed by atoms with Gasteiger partial charge in [0.15, 0.2) is 0 Å². The molecule has 0 saturated heterocycles. The first kappa shape index (κ1) is 11.5. The molecular formula is C16H13N3. The number of rotatable bonds is 2. The summed E-state index contributed by atoms with van der Waals surface area (Å²) in [5.74, 6) is 0. The Bertz CT molecular complexity index is 679. The number of hydrogen-bond donors (Lipinski definition) is 0. The highest BCUT2D eigenvalue weighted by Gasteiger charge is 2.09. The molecule has 0 N–H and O–H groups in total. The van der Waals surface area contributed by atoms with E-state index in [2.05, 4.69) is 21.0 Å². The molecule has 0 fully saturated rings. The van der Waals surface area contributed by atoms with E-state index < -0.39 is 0 Å². The Kier molecular flexibility index (Phi) is 3.02. The van der Waals surface area contributed by atoms with E-state index in [9.17, 15) is 0 Å². The van der Waals surface area contributed by atoms with Crippen molar-refractivity contribution in [3.05, 3.63) is 66.9 Å². The Hall–Kier alpha value is -2.55. The fourth-order valence-corrected chi connectivity index (χ4v) is 2.03. The molecule has 3 aromatic rings. The predicted octanol–water partition coefficient (Wildman–Crippen LogP) is 3.51. The number of aryl methyl sites for hydroxylation is 1. The maximum Gasteiger partial charge on any atom is 0.0799 e. The van der Waals surface area contributed by atoms with E-state index >= 15 is 0 Å². The minimum absolute atomic E-state index is 0.945. The third-order valence-corrected chi connectivity index (χ3v) is 2.94. The van der Waals surface area contributed by atoms with Gasteiger partial charge in [-0.3, -0.25) is 15.0 Å². The quantitative estimate of drug-likeness (QED) is 0.695. The van der Waals surface area contributed by atoms with Crippen molar-refractivity contribution in [2.24, 2.45) is 0 Å². The van der Waals surface area contributed by atoms with Crippen molar-refractivity contribution in [2.75, 3.05) is 0 Å². The molecule has 19 heavy (non-hydrogen) atoms. The molecule has 0 saturated carbocycles. The lowest BCUT2D eigenvalue weighted by Gasteiger charge is -2.09. The van der Waals surface area contributed by atoms with Crippen LogP contribution in [0.15, 0.2) is 61.2 Å². The molecular weight excluding hydrogens is 234 g/mol. The lowest BCUT2D eigenvalue weighted by molar-refractivity contribution is 1.19. The van der Waals surface area contributed by atoms with Crippen molar-refractivity contribution in [3.8, 4) is 22.4 Å². The van der Waals surface area contributed by atoms with Crippen LogP contribution in [0.1, 0.15) is 5.69 Å². The Balaban J connectivity index is 2.21. The van der Waals surface area contributed by atoms with Crippen LogP contribution < -0.4 is 0 Å². The van der Waals surface area contributed by atoms with Crippen LogP contribution in [0.3, 0.4) is 0 Å². The molecule has 3 rings (SSSR count). The van der Waals surface area contributed by atoms with Gasteiger partial charge in [0.05, 0.1) is 5.69 Å². The minimum Gasteiger partial charge on any atom is -0.264 e. The second-order valence-electron chi connectivity index (χ2n) is 4.33. The predicted molar refractivity (Wildman–Crippen MR) is 75.4 cm³/mol. The van der Waals surface area contributed by atoms with Crippen LogP contribution >= 0.6 is 0 Å². The Morgan fingerprint density at radius 1 is 0.789 bits per heavy atom. The second-order valence-corrected chi connectivity index (χ2v) is 4.33. The lowest BCUT2D eigenvalue weighted by atomic mass is 10.0. The highest BCUT2D eigenvalue weighted by Crippen LogP contribution is 2.29. The van der Waals surface area contributed by atoms with Crippen molar-refractivity contribution >= 4 is 0 Å². The van der Waals surface area contributed by atoms with Crippen LogP contribution in [-0.2, 0) is 0 Å². The first-order valence-corrected chi connectivity index (χ1v) is 6.13. The van der Waals surface area contributed by atoms with E-state index in [0.29, 0.717) is 0 Å². The van der Waals surface area contributed by atoms with Gasteiger partial charge in [-0.25, -0.2) is 0 Å². The van der Waals surface area contributed by atoms with E-state index in [1.807, 2.05) is 49.6 Å². The zero-order valence-corrected chi connectivity index (χ0v) is 10.6. The fourth-order valence-electron chi connectivity index (χ4n) is 2.03. The smallest absolute Gasteiger partial charge is 0.0799 e. The SMILES string of the molecule is Cc1ccc(-c2cccnc2)c(-c2cccnc2)n1. The molecule has 3 nitrogen and oxygen atoms in total. The molecule has 0 atom stereocenters. The molecule has 3 heteroatoms. The molecule has 0 bridgehead atoms.